The van der Waals surface area contributed by atoms with Gasteiger partial charge in [-0.3, -0.25) is 0 Å². The van der Waals surface area contributed by atoms with Gasteiger partial charge in [0.2, 0.25) is 0 Å². The Morgan fingerprint density at radius 2 is 1.80 bits per heavy atom. The van der Waals surface area contributed by atoms with Crippen molar-refractivity contribution in [2.24, 2.45) is 0 Å². The Balaban J connectivity index is 1.94. The van der Waals surface area contributed by atoms with Crippen LogP contribution in [0.2, 0.25) is 0 Å². The Morgan fingerprint density at radius 1 is 1.00 bits per heavy atom. The Morgan fingerprint density at radius 3 is 2.55 bits per heavy atom. The monoisotopic (exact) mass is 460 g/mol. The molecule has 0 saturated heterocycles. The third-order valence-electron chi connectivity index (χ3n) is 3.35. The minimum absolute atomic E-state index is 0.136. The molecule has 0 spiro atoms. The molecule has 1 N–H and O–H groups in total. The highest BCUT2D eigenvalue weighted by molar-refractivity contribution is 9.13. The van der Waals surface area contributed by atoms with Crippen LogP contribution >= 0.6 is 47.8 Å². The minimum atomic E-state index is -0.510. The van der Waals surface area contributed by atoms with Crippen LogP contribution in [0.15, 0.2) is 49.8 Å². The largest absolute Gasteiger partial charge is 0.485 e. The van der Waals surface area contributed by atoms with Gasteiger partial charge in [-0.15, -0.1) is 0 Å². The van der Waals surface area contributed by atoms with Crippen molar-refractivity contribution in [2.75, 3.05) is 0 Å². The van der Waals surface area contributed by atoms with Crippen LogP contribution in [0.5, 0.6) is 5.75 Å². The molecule has 2 aromatic rings. The first-order chi connectivity index (χ1) is 9.54. The summed E-state index contributed by atoms with van der Waals surface area (Å²) in [5.74, 6) is 0.746. The molecule has 0 aromatic heterocycles. The first kappa shape index (κ1) is 14.6. The summed E-state index contributed by atoms with van der Waals surface area (Å²) in [5.41, 5.74) is 1.89. The topological polar surface area (TPSA) is 29.5 Å². The highest BCUT2D eigenvalue weighted by Crippen LogP contribution is 2.42. The summed E-state index contributed by atoms with van der Waals surface area (Å²) in [4.78, 5) is 0. The van der Waals surface area contributed by atoms with Gasteiger partial charge in [-0.1, -0.05) is 22.0 Å². The first-order valence-electron chi connectivity index (χ1n) is 6.13. The molecule has 2 aromatic carbocycles. The van der Waals surface area contributed by atoms with Gasteiger partial charge in [0, 0.05) is 25.4 Å². The van der Waals surface area contributed by atoms with Crippen molar-refractivity contribution >= 4 is 47.8 Å². The zero-order valence-electron chi connectivity index (χ0n) is 10.3. The molecule has 2 unspecified atom stereocenters. The molecule has 2 atom stereocenters. The zero-order chi connectivity index (χ0) is 14.3. The highest BCUT2D eigenvalue weighted by Gasteiger charge is 2.28. The van der Waals surface area contributed by atoms with Crippen LogP contribution in [0, 0.1) is 0 Å². The lowest BCUT2D eigenvalue weighted by atomic mass is 9.95. The smallest absolute Gasteiger partial charge is 0.127 e. The van der Waals surface area contributed by atoms with Crippen LogP contribution in [0.1, 0.15) is 29.8 Å². The highest BCUT2D eigenvalue weighted by atomic mass is 79.9. The first-order valence-corrected chi connectivity index (χ1v) is 8.51. The van der Waals surface area contributed by atoms with Gasteiger partial charge in [0.25, 0.3) is 0 Å². The molecular weight excluding hydrogens is 452 g/mol. The second kappa shape index (κ2) is 5.79. The van der Waals surface area contributed by atoms with Gasteiger partial charge in [0.05, 0.1) is 6.10 Å². The molecule has 1 heterocycles. The molecule has 104 valence electrons. The van der Waals surface area contributed by atoms with Gasteiger partial charge in [-0.25, -0.2) is 0 Å². The molecule has 0 saturated carbocycles. The summed E-state index contributed by atoms with van der Waals surface area (Å²) in [6.45, 7) is 0. The van der Waals surface area contributed by atoms with Crippen molar-refractivity contribution in [1.29, 1.82) is 0 Å². The van der Waals surface area contributed by atoms with Crippen molar-refractivity contribution in [3.05, 3.63) is 60.9 Å². The second-order valence-corrected chi connectivity index (χ2v) is 7.34. The standard InChI is InChI=1S/C15H11Br3O2/c16-9-2-4-14-10(6-9)13(19)7-15(20-14)8-1-3-11(17)12(18)5-8/h1-6,13,15,19H,7H2. The fourth-order valence-corrected chi connectivity index (χ4v) is 3.36. The van der Waals surface area contributed by atoms with E-state index in [4.69, 9.17) is 4.74 Å². The summed E-state index contributed by atoms with van der Waals surface area (Å²) in [7, 11) is 0. The summed E-state index contributed by atoms with van der Waals surface area (Å²) in [5, 5.41) is 10.3. The van der Waals surface area contributed by atoms with Crippen LogP contribution in [0.4, 0.5) is 0 Å². The Kier molecular flexibility index (Phi) is 4.22. The molecule has 1 aliphatic heterocycles. The average Bonchev–Trinajstić information content (AvgIpc) is 2.42. The maximum atomic E-state index is 10.3. The maximum Gasteiger partial charge on any atom is 0.127 e. The number of ether oxygens (including phenoxy) is 1. The SMILES string of the molecule is OC1CC(c2ccc(Br)c(Br)c2)Oc2ccc(Br)cc21. The van der Waals surface area contributed by atoms with E-state index >= 15 is 0 Å². The number of hydrogen-bond donors (Lipinski definition) is 1. The van der Waals surface area contributed by atoms with Crippen molar-refractivity contribution in [3.8, 4) is 5.75 Å². The zero-order valence-corrected chi connectivity index (χ0v) is 15.1. The van der Waals surface area contributed by atoms with E-state index in [2.05, 4.69) is 47.8 Å². The van der Waals surface area contributed by atoms with E-state index in [1.54, 1.807) is 0 Å². The van der Waals surface area contributed by atoms with E-state index in [0.29, 0.717) is 6.42 Å². The van der Waals surface area contributed by atoms with Crippen molar-refractivity contribution < 1.29 is 9.84 Å². The second-order valence-electron chi connectivity index (χ2n) is 4.71. The molecule has 3 rings (SSSR count). The van der Waals surface area contributed by atoms with E-state index in [1.807, 2.05) is 36.4 Å². The number of fused-ring (bicyclic) bond motifs is 1. The Hall–Kier alpha value is -0.360. The molecule has 1 aliphatic rings. The van der Waals surface area contributed by atoms with Crippen molar-refractivity contribution in [1.82, 2.24) is 0 Å². The van der Waals surface area contributed by atoms with Crippen molar-refractivity contribution in [3.63, 3.8) is 0 Å². The van der Waals surface area contributed by atoms with Crippen molar-refractivity contribution in [2.45, 2.75) is 18.6 Å². The van der Waals surface area contributed by atoms with E-state index in [0.717, 1.165) is 30.3 Å². The number of halogens is 3. The molecule has 0 amide bonds. The third kappa shape index (κ3) is 2.82. The minimum Gasteiger partial charge on any atom is -0.485 e. The summed E-state index contributed by atoms with van der Waals surface area (Å²) >= 11 is 10.4. The fourth-order valence-electron chi connectivity index (χ4n) is 2.33. The normalized spacial score (nSPS) is 21.2. The molecule has 0 radical (unpaired) electrons. The Bertz CT molecular complexity index is 658. The van der Waals surface area contributed by atoms with Crippen LogP contribution < -0.4 is 4.74 Å². The van der Waals surface area contributed by atoms with E-state index < -0.39 is 6.10 Å². The molecule has 0 fully saturated rings. The average molecular weight is 463 g/mol. The van der Waals surface area contributed by atoms with E-state index in [1.165, 1.54) is 0 Å². The maximum absolute atomic E-state index is 10.3. The van der Waals surface area contributed by atoms with E-state index in [-0.39, 0.29) is 6.10 Å². The Labute approximate surface area is 142 Å². The lowest BCUT2D eigenvalue weighted by Gasteiger charge is -2.30. The van der Waals surface area contributed by atoms with Gasteiger partial charge in [-0.2, -0.15) is 0 Å². The van der Waals surface area contributed by atoms with Gasteiger partial charge >= 0.3 is 0 Å². The van der Waals surface area contributed by atoms with Gasteiger partial charge in [0.1, 0.15) is 11.9 Å². The van der Waals surface area contributed by atoms with Crippen LogP contribution in [-0.4, -0.2) is 5.11 Å². The van der Waals surface area contributed by atoms with Gasteiger partial charge < -0.3 is 9.84 Å². The van der Waals surface area contributed by atoms with Crippen LogP contribution in [0.3, 0.4) is 0 Å². The summed E-state index contributed by atoms with van der Waals surface area (Å²) in [6, 6.07) is 11.7. The predicted molar refractivity (Wildman–Crippen MR) is 88.9 cm³/mol. The molecule has 0 bridgehead atoms. The third-order valence-corrected chi connectivity index (χ3v) is 5.73. The molecular formula is C15H11Br3O2. The predicted octanol–water partition coefficient (Wildman–Crippen LogP) is 5.53. The molecule has 5 heteroatoms. The van der Waals surface area contributed by atoms with Crippen LogP contribution in [-0.2, 0) is 0 Å². The number of aliphatic hydroxyl groups excluding tert-OH is 1. The van der Waals surface area contributed by atoms with E-state index in [9.17, 15) is 5.11 Å². The molecule has 20 heavy (non-hydrogen) atoms. The molecule has 0 aliphatic carbocycles. The number of hydrogen-bond acceptors (Lipinski definition) is 2. The summed E-state index contributed by atoms with van der Waals surface area (Å²) < 4.78 is 8.95. The summed E-state index contributed by atoms with van der Waals surface area (Å²) in [6.07, 6.45) is -0.0934. The number of rotatable bonds is 1. The number of benzene rings is 2. The van der Waals surface area contributed by atoms with Crippen LogP contribution in [0.25, 0.3) is 0 Å². The van der Waals surface area contributed by atoms with Gasteiger partial charge in [-0.05, 0) is 67.8 Å². The quantitative estimate of drug-likeness (QED) is 0.603. The molecule has 2 nitrogen and oxygen atoms in total. The lowest BCUT2D eigenvalue weighted by molar-refractivity contribution is 0.0656. The fraction of sp³-hybridized carbons (Fsp3) is 0.200. The lowest BCUT2D eigenvalue weighted by Crippen LogP contribution is -2.19. The van der Waals surface area contributed by atoms with Gasteiger partial charge in [0.15, 0.2) is 0 Å². The number of aliphatic hydroxyl groups is 1.